The minimum Gasteiger partial charge on any atom is -0.379 e. The summed E-state index contributed by atoms with van der Waals surface area (Å²) in [4.78, 5) is 14.4. The van der Waals surface area contributed by atoms with Gasteiger partial charge in [0.1, 0.15) is 5.69 Å². The maximum atomic E-state index is 10.7. The summed E-state index contributed by atoms with van der Waals surface area (Å²) >= 11 is 2.56. The zero-order chi connectivity index (χ0) is 7.40. The maximum absolute atomic E-state index is 10.7. The third kappa shape index (κ3) is 1.54. The maximum Gasteiger partial charge on any atom is 0.368 e. The lowest BCUT2D eigenvalue weighted by atomic mass is 10.4. The summed E-state index contributed by atoms with van der Waals surface area (Å²) in [5.74, 6) is -0.486. The Morgan fingerprint density at radius 1 is 1.60 bits per heavy atom. The van der Waals surface area contributed by atoms with Crippen molar-refractivity contribution in [2.45, 2.75) is 0 Å². The van der Waals surface area contributed by atoms with Crippen LogP contribution >= 0.6 is 16.3 Å². The lowest BCUT2D eigenvalue weighted by Crippen LogP contribution is -1.99. The van der Waals surface area contributed by atoms with Crippen LogP contribution in [0.4, 0.5) is 0 Å². The van der Waals surface area contributed by atoms with E-state index in [1.54, 1.807) is 18.2 Å². The molecule has 0 N–H and O–H groups in total. The zero-order valence-corrected chi connectivity index (χ0v) is 6.54. The number of halogens is 1. The van der Waals surface area contributed by atoms with Crippen molar-refractivity contribution in [1.29, 1.82) is 0 Å². The van der Waals surface area contributed by atoms with Gasteiger partial charge in [0, 0.05) is 6.20 Å². The van der Waals surface area contributed by atoms with E-state index in [2.05, 4.69) is 25.1 Å². The van der Waals surface area contributed by atoms with Gasteiger partial charge in [-0.15, -0.1) is 0 Å². The van der Waals surface area contributed by atoms with Gasteiger partial charge in [-0.25, -0.2) is 9.78 Å². The molecule has 0 fully saturated rings. The highest BCUT2D eigenvalue weighted by Gasteiger charge is 2.04. The molecule has 1 aromatic heterocycles. The number of hydrogen-bond donors (Lipinski definition) is 0. The molecule has 3 nitrogen and oxygen atoms in total. The number of aromatic nitrogens is 1. The summed E-state index contributed by atoms with van der Waals surface area (Å²) in [5, 5.41) is 0. The quantitative estimate of drug-likeness (QED) is 0.693. The molecular formula is C6H4BrNO2. The number of pyridine rings is 1. The molecule has 0 saturated carbocycles. The number of carbonyl (C=O) groups excluding carboxylic acids is 1. The second-order valence-electron chi connectivity index (χ2n) is 1.58. The number of nitrogens with zero attached hydrogens (tertiary/aromatic N) is 1. The van der Waals surface area contributed by atoms with Gasteiger partial charge < -0.3 is 3.83 Å². The second-order valence-corrected chi connectivity index (χ2v) is 1.90. The predicted octanol–water partition coefficient (Wildman–Crippen LogP) is 1.55. The fourth-order valence-corrected chi connectivity index (χ4v) is 0.689. The van der Waals surface area contributed by atoms with Crippen LogP contribution in [0.1, 0.15) is 10.5 Å². The van der Waals surface area contributed by atoms with Crippen molar-refractivity contribution in [3.63, 3.8) is 0 Å². The van der Waals surface area contributed by atoms with Gasteiger partial charge in [0.25, 0.3) is 0 Å². The number of hydrogen-bond acceptors (Lipinski definition) is 3. The van der Waals surface area contributed by atoms with Crippen LogP contribution in [0.3, 0.4) is 0 Å². The molecule has 0 amide bonds. The molecule has 52 valence electrons. The van der Waals surface area contributed by atoms with Crippen LogP contribution in [0.2, 0.25) is 0 Å². The topological polar surface area (TPSA) is 39.2 Å². The summed E-state index contributed by atoms with van der Waals surface area (Å²) in [6, 6.07) is 5.01. The van der Waals surface area contributed by atoms with Crippen molar-refractivity contribution in [3.8, 4) is 0 Å². The fraction of sp³-hybridized carbons (Fsp3) is 0. The van der Waals surface area contributed by atoms with Crippen LogP contribution in [0.25, 0.3) is 0 Å². The minimum absolute atomic E-state index is 0.291. The van der Waals surface area contributed by atoms with Gasteiger partial charge in [0.15, 0.2) is 16.3 Å². The molecule has 0 unspecified atom stereocenters. The summed E-state index contributed by atoms with van der Waals surface area (Å²) in [6.07, 6.45) is 1.53. The normalized spacial score (nSPS) is 8.90. The lowest BCUT2D eigenvalue weighted by molar-refractivity contribution is 0.0776. The first-order valence-electron chi connectivity index (χ1n) is 2.58. The van der Waals surface area contributed by atoms with Gasteiger partial charge in [-0.3, -0.25) is 0 Å². The SMILES string of the molecule is O=C(OBr)c1ccccn1. The van der Waals surface area contributed by atoms with Crippen LogP contribution < -0.4 is 0 Å². The van der Waals surface area contributed by atoms with Crippen LogP contribution in [0, 0.1) is 0 Å². The third-order valence-corrected chi connectivity index (χ3v) is 1.24. The standard InChI is InChI=1S/C6H4BrNO2/c7-10-6(9)5-3-1-2-4-8-5/h1-4H. The van der Waals surface area contributed by atoms with Crippen LogP contribution in [0.5, 0.6) is 0 Å². The van der Waals surface area contributed by atoms with Gasteiger partial charge in [0.05, 0.1) is 0 Å². The van der Waals surface area contributed by atoms with Gasteiger partial charge in [-0.1, -0.05) is 6.07 Å². The molecule has 1 heterocycles. The van der Waals surface area contributed by atoms with Gasteiger partial charge >= 0.3 is 5.97 Å². The van der Waals surface area contributed by atoms with Gasteiger partial charge in [-0.2, -0.15) is 0 Å². The van der Waals surface area contributed by atoms with Crippen LogP contribution in [0.15, 0.2) is 24.4 Å². The Hall–Kier alpha value is -0.900. The Balaban J connectivity index is 2.85. The smallest absolute Gasteiger partial charge is 0.368 e. The molecule has 1 aromatic rings. The van der Waals surface area contributed by atoms with Crippen molar-refractivity contribution in [2.24, 2.45) is 0 Å². The Bertz CT molecular complexity index is 224. The minimum atomic E-state index is -0.486. The predicted molar refractivity (Wildman–Crippen MR) is 38.6 cm³/mol. The first kappa shape index (κ1) is 7.21. The molecule has 4 heteroatoms. The average molecular weight is 202 g/mol. The molecule has 0 aliphatic heterocycles. The summed E-state index contributed by atoms with van der Waals surface area (Å²) < 4.78 is 4.25. The van der Waals surface area contributed by atoms with Crippen molar-refractivity contribution in [1.82, 2.24) is 4.98 Å². The molecule has 0 atom stereocenters. The highest BCUT2D eigenvalue weighted by atomic mass is 79.9. The highest BCUT2D eigenvalue weighted by molar-refractivity contribution is 9.06. The van der Waals surface area contributed by atoms with Crippen molar-refractivity contribution in [2.75, 3.05) is 0 Å². The van der Waals surface area contributed by atoms with E-state index in [0.717, 1.165) is 0 Å². The van der Waals surface area contributed by atoms with E-state index in [1.807, 2.05) is 0 Å². The highest BCUT2D eigenvalue weighted by Crippen LogP contribution is 1.98. The van der Waals surface area contributed by atoms with Gasteiger partial charge in [-0.05, 0) is 12.1 Å². The molecule has 0 aliphatic carbocycles. The molecule has 0 spiro atoms. The van der Waals surface area contributed by atoms with Gasteiger partial charge in [0.2, 0.25) is 0 Å². The van der Waals surface area contributed by atoms with Crippen molar-refractivity contribution in [3.05, 3.63) is 30.1 Å². The summed E-state index contributed by atoms with van der Waals surface area (Å²) in [6.45, 7) is 0. The lowest BCUT2D eigenvalue weighted by Gasteiger charge is -1.91. The van der Waals surface area contributed by atoms with Crippen LogP contribution in [-0.2, 0) is 3.83 Å². The summed E-state index contributed by atoms with van der Waals surface area (Å²) in [7, 11) is 0. The van der Waals surface area contributed by atoms with Crippen molar-refractivity contribution >= 4 is 22.2 Å². The summed E-state index contributed by atoms with van der Waals surface area (Å²) in [5.41, 5.74) is 0.291. The van der Waals surface area contributed by atoms with E-state index in [1.165, 1.54) is 6.20 Å². The van der Waals surface area contributed by atoms with E-state index >= 15 is 0 Å². The Labute approximate surface area is 66.5 Å². The average Bonchev–Trinajstić information content (AvgIpc) is 2.05. The number of rotatable bonds is 1. The van der Waals surface area contributed by atoms with E-state index in [4.69, 9.17) is 0 Å². The third-order valence-electron chi connectivity index (χ3n) is 0.944. The molecule has 0 bridgehead atoms. The largest absolute Gasteiger partial charge is 0.379 e. The molecule has 0 radical (unpaired) electrons. The van der Waals surface area contributed by atoms with Crippen molar-refractivity contribution < 1.29 is 8.62 Å². The molecule has 0 aromatic carbocycles. The monoisotopic (exact) mass is 201 g/mol. The van der Waals surface area contributed by atoms with E-state index in [9.17, 15) is 4.79 Å². The second kappa shape index (κ2) is 3.31. The van der Waals surface area contributed by atoms with Crippen LogP contribution in [-0.4, -0.2) is 11.0 Å². The zero-order valence-electron chi connectivity index (χ0n) is 4.95. The molecule has 10 heavy (non-hydrogen) atoms. The van der Waals surface area contributed by atoms with E-state index < -0.39 is 5.97 Å². The molecular weight excluding hydrogens is 198 g/mol. The molecule has 0 aliphatic rings. The Morgan fingerprint density at radius 2 is 2.40 bits per heavy atom. The number of carbonyl (C=O) groups is 1. The first-order valence-corrected chi connectivity index (χ1v) is 3.23. The van der Waals surface area contributed by atoms with E-state index in [0.29, 0.717) is 5.69 Å². The Kier molecular flexibility index (Phi) is 2.39. The van der Waals surface area contributed by atoms with E-state index in [-0.39, 0.29) is 0 Å². The Morgan fingerprint density at radius 3 is 2.90 bits per heavy atom. The molecule has 1 rings (SSSR count). The first-order chi connectivity index (χ1) is 4.84. The molecule has 0 saturated heterocycles. The fourth-order valence-electron chi connectivity index (χ4n) is 0.523.